The minimum atomic E-state index is -0.161. The maximum atomic E-state index is 11.8. The van der Waals surface area contributed by atoms with Crippen LogP contribution in [0.2, 0.25) is 0 Å². The number of nitrogens with two attached hydrogens (primary N) is 1. The van der Waals surface area contributed by atoms with E-state index >= 15 is 0 Å². The third kappa shape index (κ3) is 2.48. The van der Waals surface area contributed by atoms with Gasteiger partial charge in [-0.3, -0.25) is 4.79 Å². The van der Waals surface area contributed by atoms with Crippen LogP contribution in [0.1, 0.15) is 36.7 Å². The standard InChI is InChI=1S/C11H16N4O/c1-7-2-3-8(6-7)13-11(16)9-4-5-10(12)15-14-9/h4-5,7-8H,2-3,6H2,1H3,(H2,12,15)(H,13,16). The van der Waals surface area contributed by atoms with Crippen molar-refractivity contribution >= 4 is 11.7 Å². The van der Waals surface area contributed by atoms with Gasteiger partial charge in [-0.1, -0.05) is 6.92 Å². The van der Waals surface area contributed by atoms with Crippen molar-refractivity contribution in [2.75, 3.05) is 5.73 Å². The van der Waals surface area contributed by atoms with E-state index in [4.69, 9.17) is 5.73 Å². The molecule has 1 heterocycles. The molecule has 2 atom stereocenters. The average molecular weight is 220 g/mol. The van der Waals surface area contributed by atoms with Crippen LogP contribution in [0.4, 0.5) is 5.82 Å². The van der Waals surface area contributed by atoms with E-state index < -0.39 is 0 Å². The van der Waals surface area contributed by atoms with Crippen molar-refractivity contribution in [3.05, 3.63) is 17.8 Å². The van der Waals surface area contributed by atoms with Crippen LogP contribution in [0.25, 0.3) is 0 Å². The highest BCUT2D eigenvalue weighted by atomic mass is 16.2. The molecule has 1 saturated carbocycles. The Balaban J connectivity index is 1.95. The number of amides is 1. The Morgan fingerprint density at radius 1 is 1.44 bits per heavy atom. The fraction of sp³-hybridized carbons (Fsp3) is 0.545. The molecule has 2 unspecified atom stereocenters. The summed E-state index contributed by atoms with van der Waals surface area (Å²) in [6.45, 7) is 2.20. The molecule has 1 amide bonds. The highest BCUT2D eigenvalue weighted by Crippen LogP contribution is 2.24. The maximum absolute atomic E-state index is 11.8. The van der Waals surface area contributed by atoms with Gasteiger partial charge >= 0.3 is 0 Å². The number of nitrogens with one attached hydrogen (secondary N) is 1. The van der Waals surface area contributed by atoms with Gasteiger partial charge in [-0.25, -0.2) is 0 Å². The third-order valence-corrected chi connectivity index (χ3v) is 2.95. The molecular formula is C11H16N4O. The summed E-state index contributed by atoms with van der Waals surface area (Å²) in [7, 11) is 0. The molecule has 0 saturated heterocycles. The number of hydrogen-bond donors (Lipinski definition) is 2. The Bertz CT molecular complexity index is 376. The van der Waals surface area contributed by atoms with E-state index in [9.17, 15) is 4.79 Å². The zero-order chi connectivity index (χ0) is 11.5. The predicted molar refractivity (Wildman–Crippen MR) is 60.7 cm³/mol. The first kappa shape index (κ1) is 10.9. The second-order valence-electron chi connectivity index (χ2n) is 4.43. The molecule has 1 aliphatic carbocycles. The van der Waals surface area contributed by atoms with Gasteiger partial charge in [-0.05, 0) is 37.3 Å². The molecular weight excluding hydrogens is 204 g/mol. The summed E-state index contributed by atoms with van der Waals surface area (Å²) >= 11 is 0. The van der Waals surface area contributed by atoms with Crippen molar-refractivity contribution in [1.82, 2.24) is 15.5 Å². The highest BCUT2D eigenvalue weighted by Gasteiger charge is 2.23. The van der Waals surface area contributed by atoms with Gasteiger partial charge in [0.25, 0.3) is 5.91 Å². The monoisotopic (exact) mass is 220 g/mol. The maximum Gasteiger partial charge on any atom is 0.272 e. The predicted octanol–water partition coefficient (Wildman–Crippen LogP) is 0.977. The first-order valence-corrected chi connectivity index (χ1v) is 5.55. The summed E-state index contributed by atoms with van der Waals surface area (Å²) in [5, 5.41) is 10.4. The molecule has 0 aliphatic heterocycles. The van der Waals surface area contributed by atoms with E-state index in [0.717, 1.165) is 12.8 Å². The summed E-state index contributed by atoms with van der Waals surface area (Å²) in [6.07, 6.45) is 3.28. The number of aromatic nitrogens is 2. The third-order valence-electron chi connectivity index (χ3n) is 2.95. The Morgan fingerprint density at radius 2 is 2.25 bits per heavy atom. The van der Waals surface area contributed by atoms with Crippen molar-refractivity contribution in [3.8, 4) is 0 Å². The molecule has 0 aromatic carbocycles. The SMILES string of the molecule is CC1CCC(NC(=O)c2ccc(N)nn2)C1. The highest BCUT2D eigenvalue weighted by molar-refractivity contribution is 5.92. The van der Waals surface area contributed by atoms with Crippen LogP contribution >= 0.6 is 0 Å². The van der Waals surface area contributed by atoms with Crippen LogP contribution in [0, 0.1) is 5.92 Å². The lowest BCUT2D eigenvalue weighted by Crippen LogP contribution is -2.33. The fourth-order valence-electron chi connectivity index (χ4n) is 2.06. The van der Waals surface area contributed by atoms with Gasteiger partial charge in [-0.2, -0.15) is 0 Å². The van der Waals surface area contributed by atoms with E-state index in [-0.39, 0.29) is 11.9 Å². The van der Waals surface area contributed by atoms with Crippen molar-refractivity contribution in [3.63, 3.8) is 0 Å². The fourth-order valence-corrected chi connectivity index (χ4v) is 2.06. The van der Waals surface area contributed by atoms with E-state index in [0.29, 0.717) is 17.4 Å². The molecule has 86 valence electrons. The molecule has 3 N–H and O–H groups in total. The van der Waals surface area contributed by atoms with Gasteiger partial charge in [0, 0.05) is 6.04 Å². The molecule has 2 rings (SSSR count). The van der Waals surface area contributed by atoms with Crippen molar-refractivity contribution < 1.29 is 4.79 Å². The number of anilines is 1. The van der Waals surface area contributed by atoms with Crippen LogP contribution in [-0.4, -0.2) is 22.1 Å². The molecule has 0 radical (unpaired) electrons. The number of carbonyl (C=O) groups excluding carboxylic acids is 1. The van der Waals surface area contributed by atoms with Crippen LogP contribution in [0.15, 0.2) is 12.1 Å². The van der Waals surface area contributed by atoms with E-state index in [1.165, 1.54) is 6.42 Å². The molecule has 1 aromatic heterocycles. The van der Waals surface area contributed by atoms with Crippen molar-refractivity contribution in [1.29, 1.82) is 0 Å². The Kier molecular flexibility index (Phi) is 3.03. The van der Waals surface area contributed by atoms with Gasteiger partial charge < -0.3 is 11.1 Å². The zero-order valence-electron chi connectivity index (χ0n) is 9.31. The first-order chi connectivity index (χ1) is 7.65. The molecule has 1 aliphatic rings. The van der Waals surface area contributed by atoms with Crippen LogP contribution < -0.4 is 11.1 Å². The van der Waals surface area contributed by atoms with Crippen molar-refractivity contribution in [2.45, 2.75) is 32.2 Å². The van der Waals surface area contributed by atoms with Gasteiger partial charge in [0.15, 0.2) is 5.69 Å². The van der Waals surface area contributed by atoms with E-state index in [1.807, 2.05) is 0 Å². The number of rotatable bonds is 2. The summed E-state index contributed by atoms with van der Waals surface area (Å²) in [5.74, 6) is 0.862. The van der Waals surface area contributed by atoms with Crippen LogP contribution in [0.5, 0.6) is 0 Å². The van der Waals surface area contributed by atoms with Gasteiger partial charge in [-0.15, -0.1) is 10.2 Å². The average Bonchev–Trinajstić information content (AvgIpc) is 2.65. The Labute approximate surface area is 94.4 Å². The van der Waals surface area contributed by atoms with Gasteiger partial charge in [0.1, 0.15) is 5.82 Å². The second kappa shape index (κ2) is 4.47. The van der Waals surface area contributed by atoms with E-state index in [1.54, 1.807) is 12.1 Å². The zero-order valence-corrected chi connectivity index (χ0v) is 9.31. The first-order valence-electron chi connectivity index (χ1n) is 5.55. The summed E-state index contributed by atoms with van der Waals surface area (Å²) in [6, 6.07) is 3.46. The topological polar surface area (TPSA) is 80.9 Å². The molecule has 5 nitrogen and oxygen atoms in total. The minimum absolute atomic E-state index is 0.161. The lowest BCUT2D eigenvalue weighted by Gasteiger charge is -2.11. The number of nitrogen functional groups attached to an aromatic ring is 1. The Hall–Kier alpha value is -1.65. The van der Waals surface area contributed by atoms with Crippen LogP contribution in [0.3, 0.4) is 0 Å². The molecule has 0 spiro atoms. The smallest absolute Gasteiger partial charge is 0.272 e. The number of nitrogens with zero attached hydrogens (tertiary/aromatic N) is 2. The van der Waals surface area contributed by atoms with Crippen LogP contribution in [-0.2, 0) is 0 Å². The quantitative estimate of drug-likeness (QED) is 0.778. The Morgan fingerprint density at radius 3 is 2.81 bits per heavy atom. The number of hydrogen-bond acceptors (Lipinski definition) is 4. The van der Waals surface area contributed by atoms with Gasteiger partial charge in [0.2, 0.25) is 0 Å². The lowest BCUT2D eigenvalue weighted by atomic mass is 10.1. The molecule has 16 heavy (non-hydrogen) atoms. The van der Waals surface area contributed by atoms with Crippen molar-refractivity contribution in [2.24, 2.45) is 5.92 Å². The molecule has 1 aromatic rings. The molecule has 5 heteroatoms. The molecule has 1 fully saturated rings. The second-order valence-corrected chi connectivity index (χ2v) is 4.43. The summed E-state index contributed by atoms with van der Waals surface area (Å²) in [4.78, 5) is 11.8. The van der Waals surface area contributed by atoms with Gasteiger partial charge in [0.05, 0.1) is 0 Å². The lowest BCUT2D eigenvalue weighted by molar-refractivity contribution is 0.0931. The normalized spacial score (nSPS) is 24.3. The summed E-state index contributed by atoms with van der Waals surface area (Å²) in [5.41, 5.74) is 5.73. The van der Waals surface area contributed by atoms with E-state index in [2.05, 4.69) is 22.4 Å². The summed E-state index contributed by atoms with van der Waals surface area (Å²) < 4.78 is 0. The number of carbonyl (C=O) groups is 1. The largest absolute Gasteiger partial charge is 0.382 e. The molecule has 0 bridgehead atoms. The minimum Gasteiger partial charge on any atom is -0.382 e.